The van der Waals surface area contributed by atoms with Crippen molar-refractivity contribution in [2.75, 3.05) is 18.0 Å². The van der Waals surface area contributed by atoms with Gasteiger partial charge in [-0.05, 0) is 67.7 Å². The molecule has 4 aromatic rings. The highest BCUT2D eigenvalue weighted by atomic mass is 35.5. The first-order valence-corrected chi connectivity index (χ1v) is 16.1. The smallest absolute Gasteiger partial charge is 0.282 e. The molecule has 2 aromatic heterocycles. The minimum Gasteiger partial charge on any atom is -0.598 e. The van der Waals surface area contributed by atoms with Gasteiger partial charge in [0.15, 0.2) is 14.8 Å². The van der Waals surface area contributed by atoms with Gasteiger partial charge in [0.2, 0.25) is 0 Å². The molecule has 6 rings (SSSR count). The van der Waals surface area contributed by atoms with Crippen molar-refractivity contribution >= 4 is 72.0 Å². The van der Waals surface area contributed by atoms with E-state index in [4.69, 9.17) is 38.1 Å². The molecule has 3 heterocycles. The molecule has 2 aromatic carbocycles. The predicted molar refractivity (Wildman–Crippen MR) is 160 cm³/mol. The van der Waals surface area contributed by atoms with E-state index in [9.17, 15) is 4.55 Å². The number of fused-ring (bicyclic) bond motifs is 2. The number of ether oxygens (including phenoxy) is 1. The molecular formula is C27H28Cl2N4O2S3. The largest absolute Gasteiger partial charge is 0.598 e. The summed E-state index contributed by atoms with van der Waals surface area (Å²) in [6.45, 7) is 5.92. The fourth-order valence-corrected chi connectivity index (χ4v) is 8.49. The lowest BCUT2D eigenvalue weighted by Gasteiger charge is -2.45. The minimum absolute atomic E-state index is 0.154. The molecule has 2 N–H and O–H groups in total. The third kappa shape index (κ3) is 4.80. The van der Waals surface area contributed by atoms with E-state index in [0.717, 1.165) is 53.6 Å². The number of aromatic nitrogens is 2. The number of thiazole rings is 2. The van der Waals surface area contributed by atoms with Crippen LogP contribution in [0.2, 0.25) is 10.0 Å². The van der Waals surface area contributed by atoms with Crippen LogP contribution in [0.4, 0.5) is 5.13 Å². The lowest BCUT2D eigenvalue weighted by molar-refractivity contribution is 0.170. The number of rotatable bonds is 6. The molecular weight excluding hydrogens is 579 g/mol. The van der Waals surface area contributed by atoms with Gasteiger partial charge in [0.1, 0.15) is 15.5 Å². The van der Waals surface area contributed by atoms with Crippen molar-refractivity contribution in [1.29, 1.82) is 0 Å². The van der Waals surface area contributed by atoms with Gasteiger partial charge in [0.25, 0.3) is 5.19 Å². The molecule has 1 aliphatic heterocycles. The Morgan fingerprint density at radius 2 is 1.84 bits per heavy atom. The number of nitrogens with two attached hydrogens (primary N) is 1. The highest BCUT2D eigenvalue weighted by Gasteiger charge is 2.50. The van der Waals surface area contributed by atoms with Crippen LogP contribution >= 0.6 is 45.9 Å². The second kappa shape index (κ2) is 10.1. The maximum absolute atomic E-state index is 12.3. The monoisotopic (exact) mass is 606 g/mol. The number of hydrogen-bond acceptors (Lipinski definition) is 8. The number of anilines is 1. The van der Waals surface area contributed by atoms with Gasteiger partial charge in [-0.1, -0.05) is 76.2 Å². The number of piperidine rings is 1. The van der Waals surface area contributed by atoms with Gasteiger partial charge in [0.05, 0.1) is 5.02 Å². The quantitative estimate of drug-likeness (QED) is 0.228. The van der Waals surface area contributed by atoms with Gasteiger partial charge in [-0.3, -0.25) is 0 Å². The molecule has 1 unspecified atom stereocenters. The average Bonchev–Trinajstić information content (AvgIpc) is 3.53. The van der Waals surface area contributed by atoms with Gasteiger partial charge in [-0.2, -0.15) is 10.1 Å². The summed E-state index contributed by atoms with van der Waals surface area (Å²) in [5, 5.41) is 8.22. The summed E-state index contributed by atoms with van der Waals surface area (Å²) < 4.78 is 17.8. The van der Waals surface area contributed by atoms with Crippen LogP contribution in [-0.4, -0.2) is 32.4 Å². The highest BCUT2D eigenvalue weighted by Crippen LogP contribution is 2.57. The molecule has 1 saturated heterocycles. The SMILES string of the molecule is CC(C)(C[C@@H]1c2ccccc2CC12CCN(c1nc3sc(Oc4cccc(Cl)c4Cl)nc3s1)CC2)[S+](N)[O-]. The number of hydrogen-bond donors (Lipinski definition) is 1. The topological polar surface area (TPSA) is 87.3 Å². The van der Waals surface area contributed by atoms with E-state index in [0.29, 0.717) is 26.9 Å². The van der Waals surface area contributed by atoms with Crippen LogP contribution in [-0.2, 0) is 17.8 Å². The molecule has 0 amide bonds. The van der Waals surface area contributed by atoms with Crippen molar-refractivity contribution in [3.05, 3.63) is 63.6 Å². The second-order valence-corrected chi connectivity index (χ2v) is 15.2. The van der Waals surface area contributed by atoms with E-state index in [2.05, 4.69) is 34.1 Å². The summed E-state index contributed by atoms with van der Waals surface area (Å²) in [7, 11) is 0. The molecule has 1 aliphatic carbocycles. The van der Waals surface area contributed by atoms with E-state index >= 15 is 0 Å². The van der Waals surface area contributed by atoms with Crippen molar-refractivity contribution in [2.24, 2.45) is 10.6 Å². The summed E-state index contributed by atoms with van der Waals surface area (Å²) in [6, 6.07) is 14.1. The molecule has 2 atom stereocenters. The van der Waals surface area contributed by atoms with Crippen LogP contribution in [0.1, 0.15) is 50.2 Å². The molecule has 200 valence electrons. The second-order valence-electron chi connectivity index (χ2n) is 10.8. The summed E-state index contributed by atoms with van der Waals surface area (Å²) in [4.78, 5) is 13.6. The zero-order valence-electron chi connectivity index (χ0n) is 21.1. The molecule has 11 heteroatoms. The zero-order chi connectivity index (χ0) is 26.7. The third-order valence-corrected chi connectivity index (χ3v) is 12.1. The Bertz CT molecular complexity index is 1450. The first kappa shape index (κ1) is 26.6. The molecule has 1 spiro atoms. The fraction of sp³-hybridized carbons (Fsp3) is 0.407. The van der Waals surface area contributed by atoms with Crippen LogP contribution in [0.15, 0.2) is 42.5 Å². The third-order valence-electron chi connectivity index (χ3n) is 8.04. The summed E-state index contributed by atoms with van der Waals surface area (Å²) in [5.74, 6) is 0.832. The van der Waals surface area contributed by atoms with Crippen LogP contribution in [0.3, 0.4) is 0 Å². The Hall–Kier alpha value is -1.59. The summed E-state index contributed by atoms with van der Waals surface area (Å²) >= 11 is 14.0. The van der Waals surface area contributed by atoms with Crippen molar-refractivity contribution in [3.8, 4) is 10.9 Å². The molecule has 6 nitrogen and oxygen atoms in total. The lowest BCUT2D eigenvalue weighted by atomic mass is 9.67. The Kier molecular flexibility index (Phi) is 7.08. The molecule has 1 fully saturated rings. The van der Waals surface area contributed by atoms with Crippen LogP contribution in [0.25, 0.3) is 9.66 Å². The molecule has 0 radical (unpaired) electrons. The summed E-state index contributed by atoms with van der Waals surface area (Å²) in [5.41, 5.74) is 2.99. The van der Waals surface area contributed by atoms with E-state index in [1.165, 1.54) is 22.5 Å². The van der Waals surface area contributed by atoms with Crippen molar-refractivity contribution in [3.63, 3.8) is 0 Å². The molecule has 0 saturated carbocycles. The van der Waals surface area contributed by atoms with Gasteiger partial charge in [0, 0.05) is 30.9 Å². The fourth-order valence-electron chi connectivity index (χ4n) is 5.89. The van der Waals surface area contributed by atoms with E-state index in [1.807, 2.05) is 13.8 Å². The van der Waals surface area contributed by atoms with Gasteiger partial charge in [-0.15, -0.1) is 0 Å². The predicted octanol–water partition coefficient (Wildman–Crippen LogP) is 7.57. The van der Waals surface area contributed by atoms with Gasteiger partial charge >= 0.3 is 0 Å². The molecule has 0 bridgehead atoms. The zero-order valence-corrected chi connectivity index (χ0v) is 25.0. The highest BCUT2D eigenvalue weighted by molar-refractivity contribution is 7.90. The Labute approximate surface area is 243 Å². The Morgan fingerprint density at radius 1 is 1.11 bits per heavy atom. The van der Waals surface area contributed by atoms with Crippen molar-refractivity contribution in [2.45, 2.75) is 50.2 Å². The first-order chi connectivity index (χ1) is 18.1. The van der Waals surface area contributed by atoms with Crippen LogP contribution in [0, 0.1) is 5.41 Å². The van der Waals surface area contributed by atoms with E-state index in [1.54, 1.807) is 29.5 Å². The van der Waals surface area contributed by atoms with Crippen molar-refractivity contribution < 1.29 is 9.29 Å². The van der Waals surface area contributed by atoms with Gasteiger partial charge in [-0.25, -0.2) is 4.98 Å². The molecule has 2 aliphatic rings. The van der Waals surface area contributed by atoms with Crippen LogP contribution in [0.5, 0.6) is 10.9 Å². The van der Waals surface area contributed by atoms with Crippen molar-refractivity contribution in [1.82, 2.24) is 9.97 Å². The number of benzene rings is 2. The number of nitrogens with zero attached hydrogens (tertiary/aromatic N) is 3. The van der Waals surface area contributed by atoms with Gasteiger partial charge < -0.3 is 14.2 Å². The Balaban J connectivity index is 1.19. The first-order valence-electron chi connectivity index (χ1n) is 12.5. The lowest BCUT2D eigenvalue weighted by Crippen LogP contribution is -2.46. The average molecular weight is 608 g/mol. The Morgan fingerprint density at radius 3 is 2.58 bits per heavy atom. The standard InChI is InChI=1S/C27H28Cl2N4O2S3/c1-26(2,38(30)34)15-18-17-7-4-3-6-16(17)14-27(18)10-12-33(13-11-27)24-31-22-23(36-24)32-25(37-22)35-20-9-5-8-19(28)21(20)29/h3-9,18H,10-15,30H2,1-2H3/t18-,38?/m1/s1. The maximum Gasteiger partial charge on any atom is 0.282 e. The van der Waals surface area contributed by atoms with Crippen LogP contribution < -0.4 is 14.8 Å². The normalized spacial score (nSPS) is 19.7. The molecule has 38 heavy (non-hydrogen) atoms. The van der Waals surface area contributed by atoms with E-state index < -0.39 is 16.1 Å². The maximum atomic E-state index is 12.3. The summed E-state index contributed by atoms with van der Waals surface area (Å²) in [6.07, 6.45) is 4.00. The van der Waals surface area contributed by atoms with E-state index in [-0.39, 0.29) is 5.41 Å². The number of halogens is 2. The minimum atomic E-state index is -1.38.